The van der Waals surface area contributed by atoms with E-state index in [-0.39, 0.29) is 24.4 Å². The van der Waals surface area contributed by atoms with Crippen LogP contribution < -0.4 is 10.3 Å². The van der Waals surface area contributed by atoms with Crippen molar-refractivity contribution in [2.45, 2.75) is 20.4 Å². The number of aromatic nitrogens is 1. The maximum atomic E-state index is 11.7. The minimum atomic E-state index is -0.526. The second-order valence-corrected chi connectivity index (χ2v) is 4.75. The quantitative estimate of drug-likeness (QED) is 0.625. The maximum Gasteiger partial charge on any atom is 0.285 e. The van der Waals surface area contributed by atoms with E-state index in [0.29, 0.717) is 0 Å². The average Bonchev–Trinajstić information content (AvgIpc) is 2.43. The van der Waals surface area contributed by atoms with E-state index in [2.05, 4.69) is 0 Å². The predicted molar refractivity (Wildman–Crippen MR) is 78.8 cm³/mol. The van der Waals surface area contributed by atoms with Gasteiger partial charge in [-0.3, -0.25) is 14.9 Å². The Kier molecular flexibility index (Phi) is 4.37. The lowest BCUT2D eigenvalue weighted by Gasteiger charge is -2.12. The third-order valence-electron chi connectivity index (χ3n) is 3.17. The van der Waals surface area contributed by atoms with Crippen molar-refractivity contribution in [3.63, 3.8) is 0 Å². The van der Waals surface area contributed by atoms with Crippen molar-refractivity contribution < 1.29 is 9.66 Å². The van der Waals surface area contributed by atoms with Crippen LogP contribution >= 0.6 is 0 Å². The number of pyridine rings is 1. The van der Waals surface area contributed by atoms with Gasteiger partial charge in [-0.2, -0.15) is 0 Å². The molecular formula is C15H16N2O4. The van der Waals surface area contributed by atoms with Crippen LogP contribution in [0.1, 0.15) is 11.1 Å². The van der Waals surface area contributed by atoms with E-state index in [1.165, 1.54) is 22.9 Å². The fraction of sp³-hybridized carbons (Fsp3) is 0.267. The Bertz CT molecular complexity index is 702. The fourth-order valence-corrected chi connectivity index (χ4v) is 2.07. The van der Waals surface area contributed by atoms with Gasteiger partial charge in [0.1, 0.15) is 12.4 Å². The Morgan fingerprint density at radius 2 is 1.86 bits per heavy atom. The summed E-state index contributed by atoms with van der Waals surface area (Å²) >= 11 is 0. The zero-order valence-corrected chi connectivity index (χ0v) is 11.9. The molecule has 0 saturated carbocycles. The molecule has 1 heterocycles. The Morgan fingerprint density at radius 3 is 2.48 bits per heavy atom. The number of ether oxygens (including phenoxy) is 1. The average molecular weight is 288 g/mol. The molecular weight excluding hydrogens is 272 g/mol. The predicted octanol–water partition coefficient (Wildman–Crippen LogP) is 2.45. The first kappa shape index (κ1) is 14.8. The molecule has 0 aliphatic rings. The summed E-state index contributed by atoms with van der Waals surface area (Å²) in [7, 11) is 0. The summed E-state index contributed by atoms with van der Waals surface area (Å²) in [6, 6.07) is 8.23. The van der Waals surface area contributed by atoms with Crippen molar-refractivity contribution in [2.24, 2.45) is 0 Å². The molecule has 2 aromatic rings. The maximum absolute atomic E-state index is 11.7. The molecule has 0 aliphatic carbocycles. The van der Waals surface area contributed by atoms with Gasteiger partial charge < -0.3 is 9.30 Å². The Morgan fingerprint density at radius 1 is 1.19 bits per heavy atom. The molecule has 0 amide bonds. The molecule has 0 fully saturated rings. The van der Waals surface area contributed by atoms with E-state index in [4.69, 9.17) is 4.74 Å². The monoisotopic (exact) mass is 288 g/mol. The SMILES string of the molecule is Cc1cccc(C)c1OCCn1cc([N+](=O)[O-])ccc1=O. The molecule has 0 N–H and O–H groups in total. The number of benzene rings is 1. The van der Waals surface area contributed by atoms with Crippen molar-refractivity contribution in [1.82, 2.24) is 4.57 Å². The van der Waals surface area contributed by atoms with Gasteiger partial charge in [0.2, 0.25) is 0 Å². The number of nitrogens with zero attached hydrogens (tertiary/aromatic N) is 2. The summed E-state index contributed by atoms with van der Waals surface area (Å²) in [4.78, 5) is 21.8. The summed E-state index contributed by atoms with van der Waals surface area (Å²) in [5.74, 6) is 0.788. The molecule has 0 bridgehead atoms. The van der Waals surface area contributed by atoms with Crippen LogP contribution in [0.25, 0.3) is 0 Å². The van der Waals surface area contributed by atoms with Crippen molar-refractivity contribution in [3.8, 4) is 5.75 Å². The smallest absolute Gasteiger partial charge is 0.285 e. The lowest BCUT2D eigenvalue weighted by molar-refractivity contribution is -0.385. The highest BCUT2D eigenvalue weighted by Crippen LogP contribution is 2.22. The number of hydrogen-bond acceptors (Lipinski definition) is 4. The molecule has 1 aromatic carbocycles. The van der Waals surface area contributed by atoms with E-state index >= 15 is 0 Å². The van der Waals surface area contributed by atoms with E-state index in [0.717, 1.165) is 16.9 Å². The van der Waals surface area contributed by atoms with Gasteiger partial charge in [0, 0.05) is 12.1 Å². The van der Waals surface area contributed by atoms with Gasteiger partial charge in [-0.05, 0) is 25.0 Å². The molecule has 6 nitrogen and oxygen atoms in total. The number of hydrogen-bond donors (Lipinski definition) is 0. The minimum absolute atomic E-state index is 0.110. The lowest BCUT2D eigenvalue weighted by atomic mass is 10.1. The van der Waals surface area contributed by atoms with Crippen molar-refractivity contribution >= 4 is 5.69 Å². The first-order chi connectivity index (χ1) is 9.99. The van der Waals surface area contributed by atoms with Crippen LogP contribution in [0.4, 0.5) is 5.69 Å². The third-order valence-corrected chi connectivity index (χ3v) is 3.17. The lowest BCUT2D eigenvalue weighted by Crippen LogP contribution is -2.22. The highest BCUT2D eigenvalue weighted by atomic mass is 16.6. The first-order valence-electron chi connectivity index (χ1n) is 6.53. The molecule has 6 heteroatoms. The van der Waals surface area contributed by atoms with Crippen LogP contribution in [0, 0.1) is 24.0 Å². The molecule has 0 unspecified atom stereocenters. The van der Waals surface area contributed by atoms with Crippen LogP contribution in [-0.2, 0) is 6.54 Å². The highest BCUT2D eigenvalue weighted by Gasteiger charge is 2.08. The molecule has 0 atom stereocenters. The zero-order chi connectivity index (χ0) is 15.4. The summed E-state index contributed by atoms with van der Waals surface area (Å²) in [6.45, 7) is 4.42. The van der Waals surface area contributed by atoms with Gasteiger partial charge in [0.25, 0.3) is 11.2 Å². The molecule has 1 aromatic heterocycles. The Balaban J connectivity index is 2.09. The Hall–Kier alpha value is -2.63. The van der Waals surface area contributed by atoms with Crippen LogP contribution in [0.3, 0.4) is 0 Å². The van der Waals surface area contributed by atoms with E-state index in [9.17, 15) is 14.9 Å². The number of nitro groups is 1. The summed E-state index contributed by atoms with van der Waals surface area (Å²) in [5.41, 5.74) is 1.63. The van der Waals surface area contributed by atoms with Crippen molar-refractivity contribution in [3.05, 3.63) is 68.1 Å². The highest BCUT2D eigenvalue weighted by molar-refractivity contribution is 5.39. The van der Waals surface area contributed by atoms with Gasteiger partial charge in [-0.1, -0.05) is 18.2 Å². The first-order valence-corrected chi connectivity index (χ1v) is 6.53. The van der Waals surface area contributed by atoms with E-state index in [1.54, 1.807) is 0 Å². The molecule has 21 heavy (non-hydrogen) atoms. The summed E-state index contributed by atoms with van der Waals surface area (Å²) in [5, 5.41) is 10.7. The zero-order valence-electron chi connectivity index (χ0n) is 11.9. The van der Waals surface area contributed by atoms with Gasteiger partial charge in [-0.15, -0.1) is 0 Å². The van der Waals surface area contributed by atoms with Crippen LogP contribution in [-0.4, -0.2) is 16.1 Å². The van der Waals surface area contributed by atoms with Crippen molar-refractivity contribution in [2.75, 3.05) is 6.61 Å². The summed E-state index contributed by atoms with van der Waals surface area (Å²) < 4.78 is 6.98. The van der Waals surface area contributed by atoms with Gasteiger partial charge >= 0.3 is 0 Å². The molecule has 2 rings (SSSR count). The second-order valence-electron chi connectivity index (χ2n) is 4.75. The Labute approximate surface area is 121 Å². The third kappa shape index (κ3) is 3.47. The molecule has 0 saturated heterocycles. The number of aryl methyl sites for hydroxylation is 2. The van der Waals surface area contributed by atoms with Crippen molar-refractivity contribution in [1.29, 1.82) is 0 Å². The van der Waals surface area contributed by atoms with Crippen LogP contribution in [0.5, 0.6) is 5.75 Å². The second kappa shape index (κ2) is 6.21. The fourth-order valence-electron chi connectivity index (χ4n) is 2.07. The van der Waals surface area contributed by atoms with E-state index in [1.807, 2.05) is 32.0 Å². The van der Waals surface area contributed by atoms with E-state index < -0.39 is 4.92 Å². The standard InChI is InChI=1S/C15H16N2O4/c1-11-4-3-5-12(2)15(11)21-9-8-16-10-13(17(19)20)6-7-14(16)18/h3-7,10H,8-9H2,1-2H3. The normalized spacial score (nSPS) is 10.4. The largest absolute Gasteiger partial charge is 0.491 e. The molecule has 0 spiro atoms. The summed E-state index contributed by atoms with van der Waals surface area (Å²) in [6.07, 6.45) is 1.23. The van der Waals surface area contributed by atoms with Crippen LogP contribution in [0.15, 0.2) is 41.3 Å². The molecule has 110 valence electrons. The van der Waals surface area contributed by atoms with Gasteiger partial charge in [0.05, 0.1) is 17.7 Å². The number of rotatable bonds is 5. The van der Waals surface area contributed by atoms with Gasteiger partial charge in [0.15, 0.2) is 0 Å². The van der Waals surface area contributed by atoms with Gasteiger partial charge in [-0.25, -0.2) is 0 Å². The molecule has 0 aliphatic heterocycles. The minimum Gasteiger partial charge on any atom is -0.491 e. The van der Waals surface area contributed by atoms with Crippen LogP contribution in [0.2, 0.25) is 0 Å². The number of para-hydroxylation sites is 1. The topological polar surface area (TPSA) is 74.4 Å². The molecule has 0 radical (unpaired) electrons.